The van der Waals surface area contributed by atoms with Crippen molar-refractivity contribution in [1.82, 2.24) is 4.98 Å². The number of fused-ring (bicyclic) bond motifs is 1. The molecule has 0 spiro atoms. The predicted octanol–water partition coefficient (Wildman–Crippen LogP) is 3.46. The highest BCUT2D eigenvalue weighted by atomic mass is 16.5. The lowest BCUT2D eigenvalue weighted by atomic mass is 10.2. The molecule has 0 saturated carbocycles. The van der Waals surface area contributed by atoms with E-state index in [-0.39, 0.29) is 12.4 Å². The molecule has 3 aromatic rings. The summed E-state index contributed by atoms with van der Waals surface area (Å²) in [6.07, 6.45) is 0.241. The fourth-order valence-corrected chi connectivity index (χ4v) is 2.32. The molecule has 4 heteroatoms. The van der Waals surface area contributed by atoms with E-state index in [1.165, 1.54) is 7.11 Å². The first-order valence-electron chi connectivity index (χ1n) is 7.10. The lowest BCUT2D eigenvalue weighted by Gasteiger charge is -2.06. The van der Waals surface area contributed by atoms with Crippen molar-refractivity contribution in [1.29, 1.82) is 0 Å². The summed E-state index contributed by atoms with van der Waals surface area (Å²) < 4.78 is 10.5. The van der Waals surface area contributed by atoms with E-state index in [1.807, 2.05) is 54.6 Å². The monoisotopic (exact) mass is 295 g/mol. The summed E-state index contributed by atoms with van der Waals surface area (Å²) in [7, 11) is 1.39. The predicted molar refractivity (Wildman–Crippen MR) is 84.8 cm³/mol. The fourth-order valence-electron chi connectivity index (χ4n) is 2.32. The van der Waals surface area contributed by atoms with Crippen molar-refractivity contribution in [3.8, 4) is 5.75 Å². The van der Waals surface area contributed by atoms with Gasteiger partial charge >= 0.3 is 5.97 Å². The summed E-state index contributed by atoms with van der Waals surface area (Å²) in [6, 6.07) is 17.8. The minimum absolute atomic E-state index is 0.241. The minimum atomic E-state index is -0.257. The molecule has 0 radical (unpaired) electrons. The Morgan fingerprint density at radius 2 is 1.91 bits per heavy atom. The van der Waals surface area contributed by atoms with Gasteiger partial charge in [-0.05, 0) is 29.8 Å². The highest BCUT2D eigenvalue weighted by Gasteiger charge is 2.07. The molecule has 4 nitrogen and oxygen atoms in total. The van der Waals surface area contributed by atoms with Gasteiger partial charge in [-0.1, -0.05) is 30.3 Å². The molecule has 0 bridgehead atoms. The molecule has 112 valence electrons. The highest BCUT2D eigenvalue weighted by Crippen LogP contribution is 2.22. The van der Waals surface area contributed by atoms with Crippen LogP contribution in [0.2, 0.25) is 0 Å². The number of hydrogen-bond acceptors (Lipinski definition) is 3. The molecule has 0 amide bonds. The van der Waals surface area contributed by atoms with Crippen molar-refractivity contribution in [3.05, 3.63) is 65.9 Å². The van der Waals surface area contributed by atoms with Gasteiger partial charge in [0, 0.05) is 16.6 Å². The van der Waals surface area contributed by atoms with Crippen LogP contribution in [0, 0.1) is 0 Å². The van der Waals surface area contributed by atoms with Crippen molar-refractivity contribution in [2.45, 2.75) is 13.0 Å². The molecule has 1 heterocycles. The Morgan fingerprint density at radius 1 is 1.09 bits per heavy atom. The van der Waals surface area contributed by atoms with Crippen LogP contribution in [0.25, 0.3) is 10.9 Å². The lowest BCUT2D eigenvalue weighted by Crippen LogP contribution is -2.04. The molecule has 1 aromatic heterocycles. The molecule has 0 aliphatic rings. The first-order chi connectivity index (χ1) is 10.7. The van der Waals surface area contributed by atoms with Crippen LogP contribution in [-0.4, -0.2) is 18.1 Å². The van der Waals surface area contributed by atoms with E-state index >= 15 is 0 Å². The SMILES string of the molecule is COC(=O)Cc1cc2cc(OCc3ccccc3)ccc2[nH]1. The number of methoxy groups -OCH3 is 1. The van der Waals surface area contributed by atoms with Crippen LogP contribution in [0.4, 0.5) is 0 Å². The summed E-state index contributed by atoms with van der Waals surface area (Å²) >= 11 is 0. The van der Waals surface area contributed by atoms with Crippen LogP contribution in [0.3, 0.4) is 0 Å². The average molecular weight is 295 g/mol. The zero-order valence-electron chi connectivity index (χ0n) is 12.3. The van der Waals surface area contributed by atoms with Crippen LogP contribution in [0.1, 0.15) is 11.3 Å². The third-order valence-electron chi connectivity index (χ3n) is 3.46. The lowest BCUT2D eigenvalue weighted by molar-refractivity contribution is -0.139. The van der Waals surface area contributed by atoms with E-state index in [0.29, 0.717) is 6.61 Å². The largest absolute Gasteiger partial charge is 0.489 e. The molecule has 3 rings (SSSR count). The molecule has 0 atom stereocenters. The average Bonchev–Trinajstić information content (AvgIpc) is 2.95. The third-order valence-corrected chi connectivity index (χ3v) is 3.46. The number of aromatic amines is 1. The summed E-state index contributed by atoms with van der Waals surface area (Å²) in [4.78, 5) is 14.5. The van der Waals surface area contributed by atoms with Crippen molar-refractivity contribution in [2.75, 3.05) is 7.11 Å². The quantitative estimate of drug-likeness (QED) is 0.733. The number of rotatable bonds is 5. The van der Waals surface area contributed by atoms with Crippen molar-refractivity contribution < 1.29 is 14.3 Å². The number of ether oxygens (including phenoxy) is 2. The summed E-state index contributed by atoms with van der Waals surface area (Å²) in [5, 5.41) is 1.02. The van der Waals surface area contributed by atoms with Gasteiger partial charge < -0.3 is 14.5 Å². The minimum Gasteiger partial charge on any atom is -0.489 e. The van der Waals surface area contributed by atoms with Gasteiger partial charge in [-0.15, -0.1) is 0 Å². The topological polar surface area (TPSA) is 51.3 Å². The van der Waals surface area contributed by atoms with Gasteiger partial charge in [0.25, 0.3) is 0 Å². The second-order valence-electron chi connectivity index (χ2n) is 5.07. The molecular weight excluding hydrogens is 278 g/mol. The van der Waals surface area contributed by atoms with Gasteiger partial charge in [0.1, 0.15) is 12.4 Å². The van der Waals surface area contributed by atoms with E-state index in [9.17, 15) is 4.79 Å². The van der Waals surface area contributed by atoms with Crippen LogP contribution in [-0.2, 0) is 22.6 Å². The summed E-state index contributed by atoms with van der Waals surface area (Å²) in [5.41, 5.74) is 2.94. The Morgan fingerprint density at radius 3 is 2.68 bits per heavy atom. The zero-order chi connectivity index (χ0) is 15.4. The number of carbonyl (C=O) groups excluding carboxylic acids is 1. The van der Waals surface area contributed by atoms with Gasteiger partial charge in [-0.2, -0.15) is 0 Å². The summed E-state index contributed by atoms with van der Waals surface area (Å²) in [6.45, 7) is 0.534. The number of aromatic nitrogens is 1. The third kappa shape index (κ3) is 3.28. The first-order valence-corrected chi connectivity index (χ1v) is 7.10. The van der Waals surface area contributed by atoms with E-state index in [0.717, 1.165) is 27.9 Å². The van der Waals surface area contributed by atoms with Gasteiger partial charge in [-0.3, -0.25) is 4.79 Å². The summed E-state index contributed by atoms with van der Waals surface area (Å²) in [5.74, 6) is 0.548. The van der Waals surface area contributed by atoms with Crippen LogP contribution in [0.15, 0.2) is 54.6 Å². The standard InChI is InChI=1S/C18H17NO3/c1-21-18(20)11-15-9-14-10-16(7-8-17(14)19-15)22-12-13-5-3-2-4-6-13/h2-10,19H,11-12H2,1H3. The molecular formula is C18H17NO3. The van der Waals surface area contributed by atoms with Crippen LogP contribution < -0.4 is 4.74 Å². The molecule has 0 fully saturated rings. The Balaban J connectivity index is 1.73. The van der Waals surface area contributed by atoms with Gasteiger partial charge in [0.05, 0.1) is 13.5 Å². The molecule has 0 unspecified atom stereocenters. The van der Waals surface area contributed by atoms with E-state index in [2.05, 4.69) is 9.72 Å². The maximum atomic E-state index is 11.3. The zero-order valence-corrected chi connectivity index (χ0v) is 12.3. The Hall–Kier alpha value is -2.75. The molecule has 2 aromatic carbocycles. The van der Waals surface area contributed by atoms with Crippen molar-refractivity contribution >= 4 is 16.9 Å². The smallest absolute Gasteiger partial charge is 0.311 e. The highest BCUT2D eigenvalue weighted by molar-refractivity contribution is 5.83. The maximum absolute atomic E-state index is 11.3. The number of nitrogens with one attached hydrogen (secondary N) is 1. The number of carbonyl (C=O) groups is 1. The van der Waals surface area contributed by atoms with E-state index in [1.54, 1.807) is 0 Å². The number of benzene rings is 2. The molecule has 22 heavy (non-hydrogen) atoms. The van der Waals surface area contributed by atoms with E-state index < -0.39 is 0 Å². The van der Waals surface area contributed by atoms with Crippen molar-refractivity contribution in [3.63, 3.8) is 0 Å². The Bertz CT molecular complexity index is 777. The normalized spacial score (nSPS) is 10.6. The Labute approximate surface area is 128 Å². The number of H-pyrrole nitrogens is 1. The second-order valence-corrected chi connectivity index (χ2v) is 5.07. The Kier molecular flexibility index (Phi) is 4.10. The molecule has 1 N–H and O–H groups in total. The first kappa shape index (κ1) is 14.2. The van der Waals surface area contributed by atoms with E-state index in [4.69, 9.17) is 4.74 Å². The second kappa shape index (κ2) is 6.35. The maximum Gasteiger partial charge on any atom is 0.311 e. The fraction of sp³-hybridized carbons (Fsp3) is 0.167. The van der Waals surface area contributed by atoms with Crippen LogP contribution >= 0.6 is 0 Å². The molecule has 0 saturated heterocycles. The number of hydrogen-bond donors (Lipinski definition) is 1. The molecule has 0 aliphatic heterocycles. The van der Waals surface area contributed by atoms with Gasteiger partial charge in [0.15, 0.2) is 0 Å². The van der Waals surface area contributed by atoms with Gasteiger partial charge in [0.2, 0.25) is 0 Å². The van der Waals surface area contributed by atoms with Crippen molar-refractivity contribution in [2.24, 2.45) is 0 Å². The van der Waals surface area contributed by atoms with Crippen LogP contribution in [0.5, 0.6) is 5.75 Å². The number of esters is 1. The molecule has 0 aliphatic carbocycles. The van der Waals surface area contributed by atoms with Gasteiger partial charge in [-0.25, -0.2) is 0 Å².